The molecule has 3 aliphatic rings. The lowest BCUT2D eigenvalue weighted by Crippen LogP contribution is -2.59. The predicted molar refractivity (Wildman–Crippen MR) is 99.7 cm³/mol. The topological polar surface area (TPSA) is 44.8 Å². The molecule has 0 radical (unpaired) electrons. The van der Waals surface area contributed by atoms with Gasteiger partial charge >= 0.3 is 0 Å². The van der Waals surface area contributed by atoms with E-state index in [-0.39, 0.29) is 11.9 Å². The SMILES string of the molecule is COC1CCC2C(C1)C1CNN(Cc3cccc(Br)c3)C(=O)C1N2C. The van der Waals surface area contributed by atoms with Crippen molar-refractivity contribution in [3.63, 3.8) is 0 Å². The number of hydrogen-bond donors (Lipinski definition) is 1. The van der Waals surface area contributed by atoms with Gasteiger partial charge in [-0.3, -0.25) is 14.7 Å². The molecule has 2 aliphatic heterocycles. The number of halogens is 1. The second kappa shape index (κ2) is 6.99. The molecule has 2 heterocycles. The van der Waals surface area contributed by atoms with Gasteiger partial charge in [0, 0.05) is 30.1 Å². The Labute approximate surface area is 157 Å². The maximum absolute atomic E-state index is 13.2. The van der Waals surface area contributed by atoms with Crippen LogP contribution in [-0.4, -0.2) is 54.7 Å². The van der Waals surface area contributed by atoms with Gasteiger partial charge in [0.05, 0.1) is 18.7 Å². The highest BCUT2D eigenvalue weighted by atomic mass is 79.9. The van der Waals surface area contributed by atoms with E-state index in [1.807, 2.05) is 24.3 Å². The second-order valence-electron chi connectivity index (χ2n) is 7.59. The summed E-state index contributed by atoms with van der Waals surface area (Å²) in [6.07, 6.45) is 3.66. The maximum atomic E-state index is 13.2. The van der Waals surface area contributed by atoms with Crippen LogP contribution in [-0.2, 0) is 16.1 Å². The number of likely N-dealkylation sites (tertiary alicyclic amines) is 1. The molecule has 25 heavy (non-hydrogen) atoms. The zero-order valence-corrected chi connectivity index (χ0v) is 16.4. The minimum Gasteiger partial charge on any atom is -0.381 e. The van der Waals surface area contributed by atoms with E-state index in [0.717, 1.165) is 35.8 Å². The average molecular weight is 408 g/mol. The van der Waals surface area contributed by atoms with E-state index in [1.54, 1.807) is 0 Å². The third kappa shape index (κ3) is 3.14. The van der Waals surface area contributed by atoms with Crippen LogP contribution < -0.4 is 5.43 Å². The highest BCUT2D eigenvalue weighted by Crippen LogP contribution is 2.44. The Kier molecular flexibility index (Phi) is 4.88. The summed E-state index contributed by atoms with van der Waals surface area (Å²) in [6, 6.07) is 8.66. The molecule has 5 atom stereocenters. The van der Waals surface area contributed by atoms with E-state index in [9.17, 15) is 4.79 Å². The third-order valence-electron chi connectivity index (χ3n) is 6.33. The van der Waals surface area contributed by atoms with Crippen LogP contribution in [0, 0.1) is 11.8 Å². The second-order valence-corrected chi connectivity index (χ2v) is 8.51. The molecule has 5 unspecified atom stereocenters. The summed E-state index contributed by atoms with van der Waals surface area (Å²) in [5.74, 6) is 1.15. The van der Waals surface area contributed by atoms with Crippen molar-refractivity contribution in [2.75, 3.05) is 20.7 Å². The zero-order valence-electron chi connectivity index (χ0n) is 14.8. The normalized spacial score (nSPS) is 35.6. The molecule has 1 N–H and O–H groups in total. The van der Waals surface area contributed by atoms with Gasteiger partial charge in [0.1, 0.15) is 0 Å². The van der Waals surface area contributed by atoms with Crippen LogP contribution >= 0.6 is 15.9 Å². The molecule has 6 heteroatoms. The maximum Gasteiger partial charge on any atom is 0.254 e. The molecular formula is C19H26BrN3O2. The van der Waals surface area contributed by atoms with E-state index < -0.39 is 0 Å². The van der Waals surface area contributed by atoms with Gasteiger partial charge in [0.15, 0.2) is 0 Å². The Bertz CT molecular complexity index is 655. The lowest BCUT2D eigenvalue weighted by atomic mass is 9.76. The van der Waals surface area contributed by atoms with Crippen LogP contribution in [0.1, 0.15) is 24.8 Å². The van der Waals surface area contributed by atoms with Crippen LogP contribution in [0.25, 0.3) is 0 Å². The Morgan fingerprint density at radius 2 is 2.16 bits per heavy atom. The van der Waals surface area contributed by atoms with Crippen LogP contribution in [0.3, 0.4) is 0 Å². The van der Waals surface area contributed by atoms with Crippen molar-refractivity contribution >= 4 is 21.8 Å². The van der Waals surface area contributed by atoms with Gasteiger partial charge in [-0.2, -0.15) is 0 Å². The molecule has 0 aromatic heterocycles. The number of methoxy groups -OCH3 is 1. The van der Waals surface area contributed by atoms with Crippen molar-refractivity contribution in [2.24, 2.45) is 11.8 Å². The highest BCUT2D eigenvalue weighted by Gasteiger charge is 2.54. The summed E-state index contributed by atoms with van der Waals surface area (Å²) in [6.45, 7) is 1.47. The van der Waals surface area contributed by atoms with E-state index in [4.69, 9.17) is 4.74 Å². The largest absolute Gasteiger partial charge is 0.381 e. The zero-order chi connectivity index (χ0) is 17.6. The van der Waals surface area contributed by atoms with Gasteiger partial charge < -0.3 is 4.74 Å². The van der Waals surface area contributed by atoms with Crippen LogP contribution in [0.15, 0.2) is 28.7 Å². The van der Waals surface area contributed by atoms with Crippen LogP contribution in [0.4, 0.5) is 0 Å². The quantitative estimate of drug-likeness (QED) is 0.835. The van der Waals surface area contributed by atoms with Crippen LogP contribution in [0.2, 0.25) is 0 Å². The molecule has 3 fully saturated rings. The van der Waals surface area contributed by atoms with E-state index >= 15 is 0 Å². The first kappa shape index (κ1) is 17.5. The summed E-state index contributed by atoms with van der Waals surface area (Å²) >= 11 is 3.51. The molecule has 1 amide bonds. The lowest BCUT2D eigenvalue weighted by molar-refractivity contribution is -0.145. The fourth-order valence-corrected chi connectivity index (χ4v) is 5.54. The smallest absolute Gasteiger partial charge is 0.254 e. The molecule has 136 valence electrons. The summed E-state index contributed by atoms with van der Waals surface area (Å²) in [4.78, 5) is 15.5. The monoisotopic (exact) mass is 407 g/mol. The van der Waals surface area contributed by atoms with Crippen molar-refractivity contribution in [1.29, 1.82) is 0 Å². The average Bonchev–Trinajstić information content (AvgIpc) is 2.90. The lowest BCUT2D eigenvalue weighted by Gasteiger charge is -2.38. The van der Waals surface area contributed by atoms with Gasteiger partial charge in [0.25, 0.3) is 5.91 Å². The van der Waals surface area contributed by atoms with Gasteiger partial charge in [-0.15, -0.1) is 0 Å². The van der Waals surface area contributed by atoms with Gasteiger partial charge in [-0.1, -0.05) is 28.1 Å². The summed E-state index contributed by atoms with van der Waals surface area (Å²) in [5.41, 5.74) is 4.53. The summed E-state index contributed by atoms with van der Waals surface area (Å²) in [5, 5.41) is 1.81. The first-order valence-electron chi connectivity index (χ1n) is 9.12. The molecule has 0 spiro atoms. The van der Waals surface area contributed by atoms with E-state index in [0.29, 0.717) is 30.5 Å². The van der Waals surface area contributed by atoms with Crippen molar-refractivity contribution < 1.29 is 9.53 Å². The number of hydrazine groups is 1. The van der Waals surface area contributed by atoms with Crippen LogP contribution in [0.5, 0.6) is 0 Å². The Balaban J connectivity index is 1.50. The third-order valence-corrected chi connectivity index (χ3v) is 6.82. The Morgan fingerprint density at radius 3 is 2.92 bits per heavy atom. The molecule has 4 rings (SSSR count). The Morgan fingerprint density at radius 1 is 1.32 bits per heavy atom. The number of likely N-dealkylation sites (N-methyl/N-ethyl adjacent to an activating group) is 1. The number of benzene rings is 1. The molecule has 2 saturated heterocycles. The van der Waals surface area contributed by atoms with Crippen molar-refractivity contribution in [2.45, 2.75) is 44.0 Å². The number of fused-ring (bicyclic) bond motifs is 3. The Hall–Kier alpha value is -0.950. The van der Waals surface area contributed by atoms with Gasteiger partial charge in [-0.25, -0.2) is 5.43 Å². The first-order valence-corrected chi connectivity index (χ1v) is 9.92. The number of carbonyl (C=O) groups is 1. The number of rotatable bonds is 3. The standard InChI is InChI=1S/C19H26BrN3O2/c1-22-17-7-6-14(25-2)9-15(17)16-10-21-23(19(24)18(16)22)11-12-4-3-5-13(20)8-12/h3-5,8,14-18,21H,6-7,9-11H2,1-2H3. The number of ether oxygens (including phenoxy) is 1. The minimum absolute atomic E-state index is 0.000918. The van der Waals surface area contributed by atoms with Gasteiger partial charge in [0.2, 0.25) is 0 Å². The highest BCUT2D eigenvalue weighted by molar-refractivity contribution is 9.10. The fraction of sp³-hybridized carbons (Fsp3) is 0.632. The molecule has 1 aliphatic carbocycles. The molecule has 1 aromatic rings. The number of hydrogen-bond acceptors (Lipinski definition) is 4. The van der Waals surface area contributed by atoms with Crippen molar-refractivity contribution in [3.8, 4) is 0 Å². The molecule has 1 saturated carbocycles. The number of nitrogens with one attached hydrogen (secondary N) is 1. The number of nitrogens with zero attached hydrogens (tertiary/aromatic N) is 2. The molecule has 0 bridgehead atoms. The van der Waals surface area contributed by atoms with Crippen molar-refractivity contribution in [1.82, 2.24) is 15.3 Å². The molecular weight excluding hydrogens is 382 g/mol. The number of carbonyl (C=O) groups excluding carboxylic acids is 1. The molecule has 1 aromatic carbocycles. The number of amides is 1. The summed E-state index contributed by atoms with van der Waals surface area (Å²) in [7, 11) is 3.95. The van der Waals surface area contributed by atoms with Gasteiger partial charge in [-0.05, 0) is 49.9 Å². The van der Waals surface area contributed by atoms with E-state index in [1.165, 1.54) is 0 Å². The molecule has 5 nitrogen and oxygen atoms in total. The van der Waals surface area contributed by atoms with E-state index in [2.05, 4.69) is 45.4 Å². The summed E-state index contributed by atoms with van der Waals surface area (Å²) < 4.78 is 6.66. The van der Waals surface area contributed by atoms with Crippen molar-refractivity contribution in [3.05, 3.63) is 34.3 Å². The predicted octanol–water partition coefficient (Wildman–Crippen LogP) is 2.41. The fourth-order valence-electron chi connectivity index (χ4n) is 5.10. The first-order chi connectivity index (χ1) is 12.1. The minimum atomic E-state index is -0.000918.